The second-order valence-corrected chi connectivity index (χ2v) is 17.8. The third kappa shape index (κ3) is 5.31. The molecule has 3 aromatic carbocycles. The number of alkyl halides is 2. The Morgan fingerprint density at radius 3 is 2.50 bits per heavy atom. The molecular formula is C44H49F2N7O3. The normalized spacial score (nSPS) is 29.4. The van der Waals surface area contributed by atoms with Gasteiger partial charge in [-0.3, -0.25) is 10.1 Å². The molecule has 0 radical (unpaired) electrons. The van der Waals surface area contributed by atoms with Crippen LogP contribution in [0.2, 0.25) is 0 Å². The van der Waals surface area contributed by atoms with E-state index in [9.17, 15) is 10.0 Å². The standard InChI is InChI=1S/C44H49F2N7O3/c1-23(2)38(51-41(54)56-5)42(4)52-22-43(14-15-43)20-36(52)40(53(42)55)47-21-24(3)25-7-11-30-31-12-8-26(18-33(31)44(45,46)32(30)17-25)27-9-13-34-35(19-27)50-39(49-34)37-28-6-10-29(16-28)48-37/h7-9,11-13,17-19,21,23,28-29,36-38,48,55H,6,10,14-16,20,22H2,1-5H3,(H,49,50)(H,51,54)/b24-21+,47-40-/t28-,29+,36-,37-,38-,42?/m0/s1. The van der Waals surface area contributed by atoms with Gasteiger partial charge < -0.3 is 20.4 Å². The number of rotatable bonds is 7. The molecule has 3 aliphatic carbocycles. The fraction of sp³-hybridized carbons (Fsp3) is 0.477. The van der Waals surface area contributed by atoms with Gasteiger partial charge in [-0.2, -0.15) is 8.78 Å². The monoisotopic (exact) mass is 761 g/mol. The Kier molecular flexibility index (Phi) is 7.93. The molecule has 1 unspecified atom stereocenters. The number of allylic oxidation sites excluding steroid dienone is 1. The lowest BCUT2D eigenvalue weighted by molar-refractivity contribution is -0.160. The van der Waals surface area contributed by atoms with E-state index in [0.29, 0.717) is 40.1 Å². The topological polar surface area (TPSA) is 118 Å². The first-order valence-electron chi connectivity index (χ1n) is 20.1. The highest BCUT2D eigenvalue weighted by Crippen LogP contribution is 2.59. The molecule has 1 amide bonds. The van der Waals surface area contributed by atoms with E-state index in [1.165, 1.54) is 31.4 Å². The Morgan fingerprint density at radius 1 is 1.07 bits per heavy atom. The molecule has 10 nitrogen and oxygen atoms in total. The second kappa shape index (κ2) is 12.4. The lowest BCUT2D eigenvalue weighted by atomic mass is 9.90. The van der Waals surface area contributed by atoms with E-state index < -0.39 is 23.7 Å². The van der Waals surface area contributed by atoms with Gasteiger partial charge in [0.25, 0.3) is 5.92 Å². The summed E-state index contributed by atoms with van der Waals surface area (Å²) in [6, 6.07) is 16.7. The summed E-state index contributed by atoms with van der Waals surface area (Å²) in [4.78, 5) is 28.0. The molecule has 292 valence electrons. The largest absolute Gasteiger partial charge is 0.453 e. The Labute approximate surface area is 325 Å². The lowest BCUT2D eigenvalue weighted by Gasteiger charge is -2.45. The van der Waals surface area contributed by atoms with E-state index in [2.05, 4.69) is 20.5 Å². The van der Waals surface area contributed by atoms with Gasteiger partial charge in [-0.1, -0.05) is 44.2 Å². The SMILES string of the molecule is COC(=O)N[C@@H](C(C)C)C1(C)N(O)/C(=N\C=C(/C)c2ccc3c(c2)C(F)(F)c2cc(-c4ccc5nc([C@H]6N[C@@H]7CC[C@H]6C7)[nH]c5c4)ccc2-3)[C@@H]2CC3(CC3)CN21. The molecule has 1 spiro atoms. The first kappa shape index (κ1) is 35.7. The van der Waals surface area contributed by atoms with Crippen LogP contribution in [0.1, 0.15) is 94.8 Å². The molecule has 3 saturated heterocycles. The van der Waals surface area contributed by atoms with Crippen molar-refractivity contribution < 1.29 is 23.5 Å². The number of fused-ring (bicyclic) bond motifs is 7. The first-order chi connectivity index (χ1) is 26.8. The molecule has 4 aromatic rings. The van der Waals surface area contributed by atoms with Crippen LogP contribution in [0.25, 0.3) is 38.9 Å². The van der Waals surface area contributed by atoms with Gasteiger partial charge in [0.05, 0.1) is 36.3 Å². The van der Waals surface area contributed by atoms with E-state index in [-0.39, 0.29) is 34.5 Å². The molecular weight excluding hydrogens is 713 g/mol. The number of H-pyrrole nitrogens is 1. The minimum absolute atomic E-state index is 0.00244. The smallest absolute Gasteiger partial charge is 0.407 e. The van der Waals surface area contributed by atoms with Gasteiger partial charge >= 0.3 is 6.09 Å². The molecule has 4 N–H and O–H groups in total. The number of aromatic amines is 1. The van der Waals surface area contributed by atoms with Crippen LogP contribution < -0.4 is 10.6 Å². The van der Waals surface area contributed by atoms with E-state index in [1.807, 2.05) is 64.1 Å². The molecule has 10 rings (SSSR count). The van der Waals surface area contributed by atoms with E-state index in [0.717, 1.165) is 53.8 Å². The van der Waals surface area contributed by atoms with Crippen molar-refractivity contribution in [2.45, 2.75) is 102 Å². The number of nitrogens with one attached hydrogen (secondary N) is 3. The summed E-state index contributed by atoms with van der Waals surface area (Å²) in [6.45, 7) is 8.60. The Bertz CT molecular complexity index is 2350. The Hall–Kier alpha value is -4.65. The number of amidine groups is 1. The number of hydrogen-bond acceptors (Lipinski definition) is 7. The van der Waals surface area contributed by atoms with Crippen molar-refractivity contribution in [2.75, 3.05) is 13.7 Å². The minimum atomic E-state index is -3.20. The van der Waals surface area contributed by atoms with Crippen molar-refractivity contribution in [3.05, 3.63) is 83.3 Å². The van der Waals surface area contributed by atoms with Crippen LogP contribution in [0, 0.1) is 17.3 Å². The number of aromatic nitrogens is 2. The van der Waals surface area contributed by atoms with Crippen LogP contribution in [0.3, 0.4) is 0 Å². The molecule has 2 bridgehead atoms. The Morgan fingerprint density at radius 2 is 1.80 bits per heavy atom. The number of piperidine rings is 1. The molecule has 3 aliphatic heterocycles. The first-order valence-corrected chi connectivity index (χ1v) is 20.1. The van der Waals surface area contributed by atoms with Gasteiger partial charge in [0.1, 0.15) is 17.3 Å². The third-order valence-corrected chi connectivity index (χ3v) is 14.0. The van der Waals surface area contributed by atoms with Crippen LogP contribution in [-0.2, 0) is 10.7 Å². The molecule has 6 atom stereocenters. The van der Waals surface area contributed by atoms with Gasteiger partial charge in [0.15, 0.2) is 0 Å². The van der Waals surface area contributed by atoms with Gasteiger partial charge in [0, 0.05) is 29.9 Å². The highest BCUT2D eigenvalue weighted by atomic mass is 19.3. The van der Waals surface area contributed by atoms with Crippen LogP contribution in [0.15, 0.2) is 65.8 Å². The fourth-order valence-electron chi connectivity index (χ4n) is 10.8. The van der Waals surface area contributed by atoms with Crippen molar-refractivity contribution >= 4 is 28.5 Å². The number of carbonyl (C=O) groups excluding carboxylic acids is 1. The number of ether oxygens (including phenoxy) is 1. The maximum atomic E-state index is 16.5. The van der Waals surface area contributed by atoms with Crippen LogP contribution in [0.4, 0.5) is 13.6 Å². The van der Waals surface area contributed by atoms with Crippen molar-refractivity contribution in [1.29, 1.82) is 0 Å². The summed E-state index contributed by atoms with van der Waals surface area (Å²) in [5.41, 5.74) is 4.93. The highest BCUT2D eigenvalue weighted by Gasteiger charge is 2.66. The van der Waals surface area contributed by atoms with E-state index in [4.69, 9.17) is 14.7 Å². The number of nitrogens with zero attached hydrogens (tertiary/aromatic N) is 4. The second-order valence-electron chi connectivity index (χ2n) is 17.8. The summed E-state index contributed by atoms with van der Waals surface area (Å²) in [5.74, 6) is -1.17. The summed E-state index contributed by atoms with van der Waals surface area (Å²) in [7, 11) is 1.33. The maximum absolute atomic E-state index is 16.5. The number of alkyl carbamates (subject to hydrolysis) is 1. The zero-order valence-electron chi connectivity index (χ0n) is 32.5. The number of amides is 1. The van der Waals surface area contributed by atoms with Gasteiger partial charge in [-0.15, -0.1) is 0 Å². The zero-order chi connectivity index (χ0) is 38.9. The Balaban J connectivity index is 0.930. The summed E-state index contributed by atoms with van der Waals surface area (Å²) < 4.78 is 37.9. The van der Waals surface area contributed by atoms with Crippen molar-refractivity contribution in [3.8, 4) is 22.3 Å². The average Bonchev–Trinajstić information content (AvgIpc) is 3.73. The molecule has 1 aromatic heterocycles. The van der Waals surface area contributed by atoms with Crippen LogP contribution in [0.5, 0.6) is 0 Å². The predicted octanol–water partition coefficient (Wildman–Crippen LogP) is 8.58. The number of carbonyl (C=O) groups is 1. The van der Waals surface area contributed by atoms with Crippen LogP contribution >= 0.6 is 0 Å². The number of benzene rings is 3. The van der Waals surface area contributed by atoms with Gasteiger partial charge in [0.2, 0.25) is 0 Å². The van der Waals surface area contributed by atoms with Gasteiger partial charge in [-0.25, -0.2) is 19.8 Å². The fourth-order valence-corrected chi connectivity index (χ4v) is 10.8. The van der Waals surface area contributed by atoms with Gasteiger partial charge in [-0.05, 0) is 127 Å². The molecule has 2 saturated carbocycles. The number of hydrogen-bond donors (Lipinski definition) is 4. The third-order valence-electron chi connectivity index (χ3n) is 14.0. The predicted molar refractivity (Wildman–Crippen MR) is 211 cm³/mol. The van der Waals surface area contributed by atoms with Crippen LogP contribution in [-0.4, -0.2) is 74.5 Å². The molecule has 4 heterocycles. The summed E-state index contributed by atoms with van der Waals surface area (Å²) in [5, 5.41) is 19.7. The number of halogens is 2. The summed E-state index contributed by atoms with van der Waals surface area (Å²) in [6.07, 6.45) is 7.86. The average molecular weight is 762 g/mol. The molecule has 5 fully saturated rings. The summed E-state index contributed by atoms with van der Waals surface area (Å²) >= 11 is 0. The van der Waals surface area contributed by atoms with E-state index >= 15 is 8.78 Å². The van der Waals surface area contributed by atoms with Crippen molar-refractivity contribution in [2.24, 2.45) is 22.2 Å². The zero-order valence-corrected chi connectivity index (χ0v) is 32.5. The molecule has 6 aliphatic rings. The molecule has 56 heavy (non-hydrogen) atoms. The minimum Gasteiger partial charge on any atom is -0.453 e. The number of aliphatic imine (C=N–C) groups is 1. The lowest BCUT2D eigenvalue weighted by Crippen LogP contribution is -2.66. The highest BCUT2D eigenvalue weighted by molar-refractivity contribution is 5.92. The quantitative estimate of drug-likeness (QED) is 0.149. The number of methoxy groups -OCH3 is 1. The van der Waals surface area contributed by atoms with E-state index in [1.54, 1.807) is 24.4 Å². The van der Waals surface area contributed by atoms with Crippen molar-refractivity contribution in [3.63, 3.8) is 0 Å². The van der Waals surface area contributed by atoms with Crippen molar-refractivity contribution in [1.82, 2.24) is 30.6 Å². The number of imidazole rings is 1. The molecule has 12 heteroatoms. The number of hydroxylamine groups is 2. The maximum Gasteiger partial charge on any atom is 0.407 e.